The minimum Gasteiger partial charge on any atom is -0.493 e. The molecule has 1 aliphatic rings. The van der Waals surface area contributed by atoms with Crippen LogP contribution in [0.15, 0.2) is 48.5 Å². The number of rotatable bonds is 6. The van der Waals surface area contributed by atoms with E-state index >= 15 is 0 Å². The summed E-state index contributed by atoms with van der Waals surface area (Å²) in [7, 11) is 0. The molecule has 0 aromatic heterocycles. The van der Waals surface area contributed by atoms with Crippen molar-refractivity contribution in [2.75, 3.05) is 32.8 Å². The molecule has 0 spiro atoms. The second kappa shape index (κ2) is 9.38. The van der Waals surface area contributed by atoms with Gasteiger partial charge in [0.1, 0.15) is 11.8 Å². The number of carbonyl (C=O) groups excluding carboxylic acids is 1. The lowest BCUT2D eigenvalue weighted by molar-refractivity contribution is -0.133. The molecule has 0 radical (unpaired) electrons. The Morgan fingerprint density at radius 1 is 1.11 bits per heavy atom. The Morgan fingerprint density at radius 2 is 1.82 bits per heavy atom. The zero-order valence-corrected chi connectivity index (χ0v) is 16.6. The lowest BCUT2D eigenvalue weighted by Gasteiger charge is -2.37. The van der Waals surface area contributed by atoms with Crippen molar-refractivity contribution >= 4 is 5.91 Å². The van der Waals surface area contributed by atoms with Crippen LogP contribution in [0.3, 0.4) is 0 Å². The lowest BCUT2D eigenvalue weighted by Crippen LogP contribution is -2.49. The minimum atomic E-state index is -0.258. The van der Waals surface area contributed by atoms with E-state index in [-0.39, 0.29) is 11.9 Å². The maximum absolute atomic E-state index is 12.5. The standard InChI is InChI=1S/C23H27N3O2/c1-18-8-9-19(2)22(16-18)28-15-10-23(27)26-13-11-25(12-14-26)21(17-24)20-6-4-3-5-7-20/h3-9,16,21H,10-15H2,1-2H3. The zero-order chi connectivity index (χ0) is 19.9. The van der Waals surface area contributed by atoms with Crippen LogP contribution >= 0.6 is 0 Å². The molecule has 5 heteroatoms. The summed E-state index contributed by atoms with van der Waals surface area (Å²) in [6.07, 6.45) is 0.369. The van der Waals surface area contributed by atoms with E-state index in [1.807, 2.05) is 61.2 Å². The highest BCUT2D eigenvalue weighted by molar-refractivity contribution is 5.76. The summed E-state index contributed by atoms with van der Waals surface area (Å²) in [6.45, 7) is 7.12. The molecule has 28 heavy (non-hydrogen) atoms. The Labute approximate surface area is 167 Å². The summed E-state index contributed by atoms with van der Waals surface area (Å²) < 4.78 is 5.81. The first-order chi connectivity index (χ1) is 13.6. The maximum Gasteiger partial charge on any atom is 0.226 e. The summed E-state index contributed by atoms with van der Waals surface area (Å²) in [4.78, 5) is 16.5. The van der Waals surface area contributed by atoms with Crippen molar-refractivity contribution in [3.8, 4) is 11.8 Å². The van der Waals surface area contributed by atoms with Crippen LogP contribution in [0.4, 0.5) is 0 Å². The van der Waals surface area contributed by atoms with Gasteiger partial charge in [-0.25, -0.2) is 0 Å². The minimum absolute atomic E-state index is 0.109. The van der Waals surface area contributed by atoms with Crippen LogP contribution in [0.1, 0.15) is 29.2 Å². The predicted molar refractivity (Wildman–Crippen MR) is 109 cm³/mol. The van der Waals surface area contributed by atoms with E-state index < -0.39 is 0 Å². The Balaban J connectivity index is 1.47. The number of ether oxygens (including phenoxy) is 1. The molecule has 1 atom stereocenters. The molecule has 5 nitrogen and oxygen atoms in total. The number of nitriles is 1. The van der Waals surface area contributed by atoms with Crippen molar-refractivity contribution in [2.24, 2.45) is 0 Å². The number of carbonyl (C=O) groups is 1. The molecule has 1 saturated heterocycles. The van der Waals surface area contributed by atoms with Gasteiger partial charge < -0.3 is 9.64 Å². The average molecular weight is 377 g/mol. The first kappa shape index (κ1) is 19.9. The largest absolute Gasteiger partial charge is 0.493 e. The van der Waals surface area contributed by atoms with Gasteiger partial charge in [-0.1, -0.05) is 42.5 Å². The Bertz CT molecular complexity index is 837. The van der Waals surface area contributed by atoms with Crippen LogP contribution < -0.4 is 4.74 Å². The first-order valence-corrected chi connectivity index (χ1v) is 9.75. The third kappa shape index (κ3) is 4.90. The van der Waals surface area contributed by atoms with Gasteiger partial charge in [0.25, 0.3) is 0 Å². The number of piperazine rings is 1. The van der Waals surface area contributed by atoms with Gasteiger partial charge in [0.15, 0.2) is 0 Å². The maximum atomic E-state index is 12.5. The summed E-state index contributed by atoms with van der Waals surface area (Å²) in [6, 6.07) is 18.1. The van der Waals surface area contributed by atoms with E-state index in [9.17, 15) is 10.1 Å². The first-order valence-electron chi connectivity index (χ1n) is 9.75. The smallest absolute Gasteiger partial charge is 0.226 e. The van der Waals surface area contributed by atoms with Gasteiger partial charge >= 0.3 is 0 Å². The van der Waals surface area contributed by atoms with E-state index in [1.165, 1.54) is 0 Å². The summed E-state index contributed by atoms with van der Waals surface area (Å²) in [5.41, 5.74) is 3.23. The van der Waals surface area contributed by atoms with Crippen molar-refractivity contribution in [1.82, 2.24) is 9.80 Å². The van der Waals surface area contributed by atoms with E-state index in [0.29, 0.717) is 39.2 Å². The van der Waals surface area contributed by atoms with Gasteiger partial charge in [0.05, 0.1) is 19.1 Å². The highest BCUT2D eigenvalue weighted by Gasteiger charge is 2.26. The summed E-state index contributed by atoms with van der Waals surface area (Å²) >= 11 is 0. The highest BCUT2D eigenvalue weighted by Crippen LogP contribution is 2.22. The van der Waals surface area contributed by atoms with E-state index in [1.54, 1.807) is 0 Å². The van der Waals surface area contributed by atoms with E-state index in [0.717, 1.165) is 22.4 Å². The van der Waals surface area contributed by atoms with Crippen molar-refractivity contribution in [3.63, 3.8) is 0 Å². The molecule has 0 aliphatic carbocycles. The lowest BCUT2D eigenvalue weighted by atomic mass is 10.1. The second-order valence-electron chi connectivity index (χ2n) is 7.23. The van der Waals surface area contributed by atoms with Gasteiger partial charge in [0, 0.05) is 26.2 Å². The zero-order valence-electron chi connectivity index (χ0n) is 16.6. The fourth-order valence-electron chi connectivity index (χ4n) is 3.50. The number of benzene rings is 2. The Hall–Kier alpha value is -2.84. The average Bonchev–Trinajstić information content (AvgIpc) is 2.72. The van der Waals surface area contributed by atoms with Crippen LogP contribution in [-0.2, 0) is 4.79 Å². The van der Waals surface area contributed by atoms with Crippen LogP contribution in [-0.4, -0.2) is 48.5 Å². The van der Waals surface area contributed by atoms with Crippen LogP contribution in [0.25, 0.3) is 0 Å². The molecule has 1 heterocycles. The molecular weight excluding hydrogens is 350 g/mol. The number of hydrogen-bond donors (Lipinski definition) is 0. The van der Waals surface area contributed by atoms with Gasteiger partial charge in [-0.2, -0.15) is 5.26 Å². The fraction of sp³-hybridized carbons (Fsp3) is 0.391. The van der Waals surface area contributed by atoms with E-state index in [4.69, 9.17) is 4.74 Å². The van der Waals surface area contributed by atoms with Crippen molar-refractivity contribution in [3.05, 3.63) is 65.2 Å². The number of hydrogen-bond acceptors (Lipinski definition) is 4. The molecule has 2 aromatic rings. The predicted octanol–water partition coefficient (Wildman–Crippen LogP) is 3.48. The normalized spacial score (nSPS) is 15.7. The van der Waals surface area contributed by atoms with Crippen LogP contribution in [0.5, 0.6) is 5.75 Å². The molecule has 0 bridgehead atoms. The molecule has 146 valence electrons. The van der Waals surface area contributed by atoms with Gasteiger partial charge in [-0.15, -0.1) is 0 Å². The van der Waals surface area contributed by atoms with Gasteiger partial charge in [0.2, 0.25) is 5.91 Å². The highest BCUT2D eigenvalue weighted by atomic mass is 16.5. The summed E-state index contributed by atoms with van der Waals surface area (Å²) in [5.74, 6) is 0.954. The van der Waals surface area contributed by atoms with Gasteiger partial charge in [-0.3, -0.25) is 9.69 Å². The van der Waals surface area contributed by atoms with Gasteiger partial charge in [-0.05, 0) is 36.6 Å². The number of aryl methyl sites for hydroxylation is 2. The second-order valence-corrected chi connectivity index (χ2v) is 7.23. The topological polar surface area (TPSA) is 56.6 Å². The molecule has 0 saturated carbocycles. The van der Waals surface area contributed by atoms with Crippen molar-refractivity contribution in [1.29, 1.82) is 5.26 Å². The third-order valence-electron chi connectivity index (χ3n) is 5.19. The van der Waals surface area contributed by atoms with Crippen molar-refractivity contribution < 1.29 is 9.53 Å². The summed E-state index contributed by atoms with van der Waals surface area (Å²) in [5, 5.41) is 9.58. The quantitative estimate of drug-likeness (QED) is 0.773. The molecule has 3 rings (SSSR count). The van der Waals surface area contributed by atoms with Crippen LogP contribution in [0, 0.1) is 25.2 Å². The monoisotopic (exact) mass is 377 g/mol. The van der Waals surface area contributed by atoms with Crippen molar-refractivity contribution in [2.45, 2.75) is 26.3 Å². The fourth-order valence-corrected chi connectivity index (χ4v) is 3.50. The molecular formula is C23H27N3O2. The SMILES string of the molecule is Cc1ccc(C)c(OCCC(=O)N2CCN(C(C#N)c3ccccc3)CC2)c1. The molecule has 1 amide bonds. The third-order valence-corrected chi connectivity index (χ3v) is 5.19. The molecule has 0 N–H and O–H groups in total. The van der Waals surface area contributed by atoms with Crippen LogP contribution in [0.2, 0.25) is 0 Å². The molecule has 1 unspecified atom stereocenters. The number of nitrogens with zero attached hydrogens (tertiary/aromatic N) is 3. The Morgan fingerprint density at radius 3 is 2.50 bits per heavy atom. The molecule has 2 aromatic carbocycles. The van der Waals surface area contributed by atoms with E-state index in [2.05, 4.69) is 17.0 Å². The molecule has 1 fully saturated rings. The number of amides is 1. The molecule has 1 aliphatic heterocycles. The Kier molecular flexibility index (Phi) is 6.67.